The molecule has 0 aromatic rings. The SMILES string of the molecule is CN=C(NCCN(C)C1CCCC1)N1CCCC2(CCCOC2)C1. The Bertz CT molecular complexity index is 408. The number of rotatable bonds is 4. The lowest BCUT2D eigenvalue weighted by Crippen LogP contribution is -2.53. The van der Waals surface area contributed by atoms with Crippen molar-refractivity contribution >= 4 is 5.96 Å². The van der Waals surface area contributed by atoms with Crippen molar-refractivity contribution in [2.45, 2.75) is 57.4 Å². The summed E-state index contributed by atoms with van der Waals surface area (Å²) in [5, 5.41) is 3.61. The van der Waals surface area contributed by atoms with Gasteiger partial charge >= 0.3 is 0 Å². The van der Waals surface area contributed by atoms with Crippen molar-refractivity contribution in [3.05, 3.63) is 0 Å². The fraction of sp³-hybridized carbons (Fsp3) is 0.947. The molecule has 0 aromatic heterocycles. The maximum atomic E-state index is 5.80. The quantitative estimate of drug-likeness (QED) is 0.632. The predicted molar refractivity (Wildman–Crippen MR) is 99.5 cm³/mol. The summed E-state index contributed by atoms with van der Waals surface area (Å²) in [5.41, 5.74) is 0.370. The average molecular weight is 337 g/mol. The molecule has 0 aromatic carbocycles. The first-order chi connectivity index (χ1) is 11.7. The highest BCUT2D eigenvalue weighted by Gasteiger charge is 2.38. The van der Waals surface area contributed by atoms with Crippen LogP contribution in [0.5, 0.6) is 0 Å². The van der Waals surface area contributed by atoms with Crippen LogP contribution in [0.2, 0.25) is 0 Å². The normalized spacial score (nSPS) is 29.6. The van der Waals surface area contributed by atoms with Crippen LogP contribution >= 0.6 is 0 Å². The zero-order chi connectivity index (χ0) is 16.8. The average Bonchev–Trinajstić information content (AvgIpc) is 3.14. The van der Waals surface area contributed by atoms with E-state index in [2.05, 4.69) is 27.2 Å². The minimum atomic E-state index is 0.370. The maximum absolute atomic E-state index is 5.80. The fourth-order valence-electron chi connectivity index (χ4n) is 4.82. The van der Waals surface area contributed by atoms with Crippen molar-refractivity contribution in [3.8, 4) is 0 Å². The molecular weight excluding hydrogens is 300 g/mol. The van der Waals surface area contributed by atoms with Crippen molar-refractivity contribution in [1.82, 2.24) is 15.1 Å². The molecular formula is C19H36N4O. The second-order valence-electron chi connectivity index (χ2n) is 8.07. The van der Waals surface area contributed by atoms with Crippen LogP contribution < -0.4 is 5.32 Å². The van der Waals surface area contributed by atoms with Crippen molar-refractivity contribution in [1.29, 1.82) is 0 Å². The minimum absolute atomic E-state index is 0.370. The molecule has 3 aliphatic rings. The van der Waals surface area contributed by atoms with E-state index < -0.39 is 0 Å². The molecule has 5 heteroatoms. The lowest BCUT2D eigenvalue weighted by molar-refractivity contribution is -0.0370. The molecule has 0 amide bonds. The van der Waals surface area contributed by atoms with Gasteiger partial charge in [0.25, 0.3) is 0 Å². The molecule has 138 valence electrons. The summed E-state index contributed by atoms with van der Waals surface area (Å²) in [5.74, 6) is 1.08. The van der Waals surface area contributed by atoms with Crippen LogP contribution in [0.4, 0.5) is 0 Å². The van der Waals surface area contributed by atoms with Crippen LogP contribution in [-0.2, 0) is 4.74 Å². The zero-order valence-electron chi connectivity index (χ0n) is 15.7. The molecule has 0 bridgehead atoms. The number of piperidine rings is 1. The van der Waals surface area contributed by atoms with E-state index in [0.717, 1.165) is 51.4 Å². The van der Waals surface area contributed by atoms with Crippen LogP contribution in [0, 0.1) is 5.41 Å². The zero-order valence-corrected chi connectivity index (χ0v) is 15.7. The molecule has 1 saturated carbocycles. The van der Waals surface area contributed by atoms with E-state index in [-0.39, 0.29) is 0 Å². The van der Waals surface area contributed by atoms with Gasteiger partial charge in [0.2, 0.25) is 0 Å². The number of nitrogens with one attached hydrogen (secondary N) is 1. The van der Waals surface area contributed by atoms with Gasteiger partial charge in [-0.25, -0.2) is 0 Å². The number of hydrogen-bond acceptors (Lipinski definition) is 3. The standard InChI is InChI=1S/C19H36N4O/c1-20-18(21-11-13-22(2)17-7-3-4-8-17)23-12-5-9-19(15-23)10-6-14-24-16-19/h17H,3-16H2,1-2H3,(H,20,21). The van der Waals surface area contributed by atoms with Gasteiger partial charge in [0, 0.05) is 51.3 Å². The summed E-state index contributed by atoms with van der Waals surface area (Å²) in [7, 11) is 4.19. The van der Waals surface area contributed by atoms with E-state index >= 15 is 0 Å². The molecule has 24 heavy (non-hydrogen) atoms. The summed E-state index contributed by atoms with van der Waals surface area (Å²) in [4.78, 5) is 9.55. The molecule has 1 unspecified atom stereocenters. The molecule has 1 aliphatic carbocycles. The molecule has 2 aliphatic heterocycles. The fourth-order valence-corrected chi connectivity index (χ4v) is 4.82. The Balaban J connectivity index is 1.46. The molecule has 5 nitrogen and oxygen atoms in total. The van der Waals surface area contributed by atoms with Gasteiger partial charge in [0.15, 0.2) is 5.96 Å². The van der Waals surface area contributed by atoms with Crippen molar-refractivity contribution in [2.75, 3.05) is 53.5 Å². The van der Waals surface area contributed by atoms with Crippen LogP contribution in [0.25, 0.3) is 0 Å². The summed E-state index contributed by atoms with van der Waals surface area (Å²) < 4.78 is 5.80. The molecule has 3 fully saturated rings. The van der Waals surface area contributed by atoms with Gasteiger partial charge in [-0.05, 0) is 45.6 Å². The van der Waals surface area contributed by atoms with Gasteiger partial charge < -0.3 is 19.9 Å². The number of likely N-dealkylation sites (N-methyl/N-ethyl adjacent to an activating group) is 1. The number of aliphatic imine (C=N–C) groups is 1. The molecule has 3 rings (SSSR count). The van der Waals surface area contributed by atoms with Crippen LogP contribution in [-0.4, -0.2) is 75.3 Å². The second kappa shape index (κ2) is 8.52. The second-order valence-corrected chi connectivity index (χ2v) is 8.07. The van der Waals surface area contributed by atoms with E-state index in [4.69, 9.17) is 4.74 Å². The monoisotopic (exact) mass is 336 g/mol. The number of nitrogens with zero attached hydrogens (tertiary/aromatic N) is 3. The van der Waals surface area contributed by atoms with Gasteiger partial charge in [-0.1, -0.05) is 12.8 Å². The molecule has 1 N–H and O–H groups in total. The van der Waals surface area contributed by atoms with Gasteiger partial charge in [-0.3, -0.25) is 4.99 Å². The first-order valence-corrected chi connectivity index (χ1v) is 9.96. The van der Waals surface area contributed by atoms with Crippen molar-refractivity contribution < 1.29 is 4.74 Å². The van der Waals surface area contributed by atoms with Crippen LogP contribution in [0.15, 0.2) is 4.99 Å². The predicted octanol–water partition coefficient (Wildman–Crippen LogP) is 2.33. The van der Waals surface area contributed by atoms with E-state index in [1.54, 1.807) is 0 Å². The van der Waals surface area contributed by atoms with E-state index in [0.29, 0.717) is 5.41 Å². The Morgan fingerprint density at radius 3 is 2.75 bits per heavy atom. The number of ether oxygens (including phenoxy) is 1. The van der Waals surface area contributed by atoms with E-state index in [1.165, 1.54) is 51.4 Å². The van der Waals surface area contributed by atoms with Crippen LogP contribution in [0.3, 0.4) is 0 Å². The topological polar surface area (TPSA) is 40.1 Å². The third-order valence-electron chi connectivity index (χ3n) is 6.27. The first kappa shape index (κ1) is 18.0. The van der Waals surface area contributed by atoms with Gasteiger partial charge in [0.05, 0.1) is 6.61 Å². The Morgan fingerprint density at radius 2 is 2.04 bits per heavy atom. The van der Waals surface area contributed by atoms with Gasteiger partial charge in [-0.15, -0.1) is 0 Å². The number of hydrogen-bond donors (Lipinski definition) is 1. The third kappa shape index (κ3) is 4.42. The summed E-state index contributed by atoms with van der Waals surface area (Å²) in [6.07, 6.45) is 10.7. The largest absolute Gasteiger partial charge is 0.381 e. The Morgan fingerprint density at radius 1 is 1.25 bits per heavy atom. The van der Waals surface area contributed by atoms with Crippen molar-refractivity contribution in [2.24, 2.45) is 10.4 Å². The lowest BCUT2D eigenvalue weighted by atomic mass is 9.76. The molecule has 2 heterocycles. The molecule has 1 atom stereocenters. The Kier molecular flexibility index (Phi) is 6.39. The summed E-state index contributed by atoms with van der Waals surface area (Å²) in [6, 6.07) is 0.798. The highest BCUT2D eigenvalue weighted by atomic mass is 16.5. The van der Waals surface area contributed by atoms with E-state index in [1.807, 2.05) is 7.05 Å². The first-order valence-electron chi connectivity index (χ1n) is 9.96. The maximum Gasteiger partial charge on any atom is 0.193 e. The highest BCUT2D eigenvalue weighted by Crippen LogP contribution is 2.37. The molecule has 0 radical (unpaired) electrons. The lowest BCUT2D eigenvalue weighted by Gasteiger charge is -2.45. The van der Waals surface area contributed by atoms with Gasteiger partial charge in [0.1, 0.15) is 0 Å². The molecule has 2 saturated heterocycles. The Labute approximate surface area is 147 Å². The minimum Gasteiger partial charge on any atom is -0.381 e. The van der Waals surface area contributed by atoms with Crippen LogP contribution in [0.1, 0.15) is 51.4 Å². The molecule has 1 spiro atoms. The highest BCUT2D eigenvalue weighted by molar-refractivity contribution is 5.80. The van der Waals surface area contributed by atoms with Gasteiger partial charge in [-0.2, -0.15) is 0 Å². The number of likely N-dealkylation sites (tertiary alicyclic amines) is 1. The Hall–Kier alpha value is -0.810. The summed E-state index contributed by atoms with van der Waals surface area (Å²) in [6.45, 7) is 6.20. The summed E-state index contributed by atoms with van der Waals surface area (Å²) >= 11 is 0. The third-order valence-corrected chi connectivity index (χ3v) is 6.27. The van der Waals surface area contributed by atoms with Crippen molar-refractivity contribution in [3.63, 3.8) is 0 Å². The number of guanidine groups is 1. The smallest absolute Gasteiger partial charge is 0.193 e. The van der Waals surface area contributed by atoms with E-state index in [9.17, 15) is 0 Å².